The van der Waals surface area contributed by atoms with Crippen molar-refractivity contribution in [3.05, 3.63) is 42.0 Å². The minimum atomic E-state index is 0.216. The Morgan fingerprint density at radius 1 is 0.828 bits per heavy atom. The van der Waals surface area contributed by atoms with Crippen molar-refractivity contribution in [3.8, 4) is 17.2 Å². The molecule has 0 unspecified atom stereocenters. The van der Waals surface area contributed by atoms with E-state index in [2.05, 4.69) is 30.1 Å². The number of fused-ring (bicyclic) bond motifs is 1. The fourth-order valence-corrected chi connectivity index (χ4v) is 3.43. The number of ether oxygens (including phenoxy) is 1. The predicted octanol–water partition coefficient (Wildman–Crippen LogP) is 6.21. The summed E-state index contributed by atoms with van der Waals surface area (Å²) in [5.74, 6) is 1.02. The minimum absolute atomic E-state index is 0.216. The van der Waals surface area contributed by atoms with E-state index in [1.165, 1.54) is 36.9 Å². The molecule has 156 valence electrons. The molecule has 0 fully saturated rings. The Kier molecular flexibility index (Phi) is 7.91. The summed E-state index contributed by atoms with van der Waals surface area (Å²) in [6.45, 7) is 5.09. The van der Waals surface area contributed by atoms with E-state index in [4.69, 9.17) is 4.74 Å². The van der Waals surface area contributed by atoms with Crippen LogP contribution in [0.3, 0.4) is 0 Å². The monoisotopic (exact) mass is 395 g/mol. The largest absolute Gasteiger partial charge is 0.506 e. The van der Waals surface area contributed by atoms with Crippen molar-refractivity contribution in [2.75, 3.05) is 6.61 Å². The summed E-state index contributed by atoms with van der Waals surface area (Å²) in [6, 6.07) is 11.5. The highest BCUT2D eigenvalue weighted by Crippen LogP contribution is 2.25. The number of aromatic nitrogens is 3. The molecule has 0 saturated heterocycles. The van der Waals surface area contributed by atoms with Crippen molar-refractivity contribution in [2.24, 2.45) is 0 Å². The number of nitrogens with zero attached hydrogens (tertiary/aromatic N) is 3. The lowest BCUT2D eigenvalue weighted by molar-refractivity contribution is 0.310. The summed E-state index contributed by atoms with van der Waals surface area (Å²) in [4.78, 5) is 1.50. The molecule has 0 bridgehead atoms. The average molecular weight is 396 g/mol. The van der Waals surface area contributed by atoms with E-state index in [1.807, 2.05) is 30.3 Å². The van der Waals surface area contributed by atoms with Crippen LogP contribution >= 0.6 is 0 Å². The normalized spacial score (nSPS) is 11.2. The van der Waals surface area contributed by atoms with Crippen molar-refractivity contribution >= 4 is 11.0 Å². The van der Waals surface area contributed by atoms with E-state index in [0.29, 0.717) is 12.3 Å². The fraction of sp³-hybridized carbons (Fsp3) is 0.500. The van der Waals surface area contributed by atoms with Gasteiger partial charge in [-0.15, -0.1) is 15.0 Å². The molecule has 0 aliphatic heterocycles. The topological polar surface area (TPSA) is 60.2 Å². The number of aryl methyl sites for hydroxylation is 1. The summed E-state index contributed by atoms with van der Waals surface area (Å²) in [5.41, 5.74) is 3.30. The van der Waals surface area contributed by atoms with Crippen molar-refractivity contribution < 1.29 is 9.84 Å². The Morgan fingerprint density at radius 3 is 2.38 bits per heavy atom. The highest BCUT2D eigenvalue weighted by molar-refractivity contribution is 5.75. The van der Waals surface area contributed by atoms with Gasteiger partial charge in [0.25, 0.3) is 0 Å². The molecule has 0 aliphatic rings. The van der Waals surface area contributed by atoms with Crippen LogP contribution in [0.2, 0.25) is 0 Å². The lowest BCUT2D eigenvalue weighted by atomic mass is 10.0. The van der Waals surface area contributed by atoms with Crippen LogP contribution in [0.1, 0.15) is 70.8 Å². The molecule has 0 radical (unpaired) electrons. The molecule has 0 saturated carbocycles. The molecule has 5 nitrogen and oxygen atoms in total. The first-order valence-electron chi connectivity index (χ1n) is 11.0. The second-order valence-electron chi connectivity index (χ2n) is 7.68. The first-order valence-corrected chi connectivity index (χ1v) is 11.0. The van der Waals surface area contributed by atoms with Gasteiger partial charge in [0.1, 0.15) is 28.2 Å². The Bertz CT molecular complexity index is 904. The SMILES string of the molecule is CCCCCCCCc1ccc(-n2nc3ccc(OCCCC)cc3n2)c(O)c1. The number of unbranched alkanes of at least 4 members (excludes halogenated alkanes) is 6. The second kappa shape index (κ2) is 10.8. The highest BCUT2D eigenvalue weighted by Gasteiger charge is 2.10. The van der Waals surface area contributed by atoms with Crippen molar-refractivity contribution in [3.63, 3.8) is 0 Å². The van der Waals surface area contributed by atoms with Crippen LogP contribution in [0.25, 0.3) is 16.7 Å². The highest BCUT2D eigenvalue weighted by atomic mass is 16.5. The third-order valence-electron chi connectivity index (χ3n) is 5.19. The summed E-state index contributed by atoms with van der Waals surface area (Å²) >= 11 is 0. The zero-order chi connectivity index (χ0) is 20.5. The number of aromatic hydroxyl groups is 1. The molecule has 0 atom stereocenters. The maximum absolute atomic E-state index is 10.5. The van der Waals surface area contributed by atoms with E-state index < -0.39 is 0 Å². The maximum atomic E-state index is 10.5. The molecule has 0 amide bonds. The van der Waals surface area contributed by atoms with Crippen LogP contribution in [-0.2, 0) is 6.42 Å². The number of rotatable bonds is 12. The number of hydrogen-bond acceptors (Lipinski definition) is 4. The van der Waals surface area contributed by atoms with E-state index in [9.17, 15) is 5.11 Å². The van der Waals surface area contributed by atoms with Gasteiger partial charge in [0.2, 0.25) is 0 Å². The third kappa shape index (κ3) is 5.96. The summed E-state index contributed by atoms with van der Waals surface area (Å²) < 4.78 is 5.75. The van der Waals surface area contributed by atoms with Crippen LogP contribution in [0.15, 0.2) is 36.4 Å². The summed E-state index contributed by atoms with van der Waals surface area (Å²) in [5, 5.41) is 19.6. The molecule has 1 heterocycles. The van der Waals surface area contributed by atoms with Crippen molar-refractivity contribution in [1.82, 2.24) is 15.0 Å². The van der Waals surface area contributed by atoms with E-state index in [1.54, 1.807) is 0 Å². The van der Waals surface area contributed by atoms with Gasteiger partial charge in [0, 0.05) is 6.07 Å². The van der Waals surface area contributed by atoms with Crippen LogP contribution in [0.4, 0.5) is 0 Å². The third-order valence-corrected chi connectivity index (χ3v) is 5.19. The van der Waals surface area contributed by atoms with Crippen LogP contribution in [0, 0.1) is 0 Å². The Labute approximate surface area is 173 Å². The molecular formula is C24H33N3O2. The molecule has 29 heavy (non-hydrogen) atoms. The van der Waals surface area contributed by atoms with Gasteiger partial charge in [0.05, 0.1) is 6.61 Å². The number of phenolic OH excluding ortho intramolecular Hbond substituents is 1. The molecule has 1 aromatic heterocycles. The van der Waals surface area contributed by atoms with Gasteiger partial charge in [-0.3, -0.25) is 0 Å². The predicted molar refractivity (Wildman–Crippen MR) is 118 cm³/mol. The zero-order valence-electron chi connectivity index (χ0n) is 17.7. The Balaban J connectivity index is 1.64. The van der Waals surface area contributed by atoms with Crippen LogP contribution < -0.4 is 4.74 Å². The van der Waals surface area contributed by atoms with E-state index >= 15 is 0 Å². The molecule has 0 aliphatic carbocycles. The van der Waals surface area contributed by atoms with Gasteiger partial charge in [-0.2, -0.15) is 0 Å². The van der Waals surface area contributed by atoms with Gasteiger partial charge in [-0.1, -0.05) is 58.4 Å². The Morgan fingerprint density at radius 2 is 1.59 bits per heavy atom. The first-order chi connectivity index (χ1) is 14.2. The molecule has 0 spiro atoms. The second-order valence-corrected chi connectivity index (χ2v) is 7.68. The Hall–Kier alpha value is -2.56. The van der Waals surface area contributed by atoms with E-state index in [0.717, 1.165) is 48.0 Å². The van der Waals surface area contributed by atoms with Gasteiger partial charge in [-0.25, -0.2) is 0 Å². The van der Waals surface area contributed by atoms with Crippen molar-refractivity contribution in [1.29, 1.82) is 0 Å². The molecule has 2 aromatic carbocycles. The number of benzene rings is 2. The van der Waals surface area contributed by atoms with Gasteiger partial charge < -0.3 is 9.84 Å². The minimum Gasteiger partial charge on any atom is -0.506 e. The number of hydrogen-bond donors (Lipinski definition) is 1. The molecule has 3 rings (SSSR count). The number of phenols is 1. The lowest BCUT2D eigenvalue weighted by Crippen LogP contribution is -1.99. The van der Waals surface area contributed by atoms with Crippen LogP contribution in [-0.4, -0.2) is 26.7 Å². The molecular weight excluding hydrogens is 362 g/mol. The average Bonchev–Trinajstić information content (AvgIpc) is 3.14. The van der Waals surface area contributed by atoms with Crippen LogP contribution in [0.5, 0.6) is 11.5 Å². The summed E-state index contributed by atoms with van der Waals surface area (Å²) in [6.07, 6.45) is 10.8. The molecule has 3 aromatic rings. The van der Waals surface area contributed by atoms with Crippen molar-refractivity contribution in [2.45, 2.75) is 71.6 Å². The zero-order valence-corrected chi connectivity index (χ0v) is 17.7. The summed E-state index contributed by atoms with van der Waals surface area (Å²) in [7, 11) is 0. The molecule has 5 heteroatoms. The lowest BCUT2D eigenvalue weighted by Gasteiger charge is -2.06. The quantitative estimate of drug-likeness (QED) is 0.370. The maximum Gasteiger partial charge on any atom is 0.143 e. The first kappa shape index (κ1) is 21.2. The van der Waals surface area contributed by atoms with Gasteiger partial charge in [0.15, 0.2) is 0 Å². The fourth-order valence-electron chi connectivity index (χ4n) is 3.43. The smallest absolute Gasteiger partial charge is 0.143 e. The van der Waals surface area contributed by atoms with E-state index in [-0.39, 0.29) is 5.75 Å². The van der Waals surface area contributed by atoms with Gasteiger partial charge in [-0.05, 0) is 49.1 Å². The molecule has 1 N–H and O–H groups in total. The standard InChI is InChI=1S/C24H33N3O2/c1-3-5-7-8-9-10-11-19-12-15-23(24(28)17-19)27-25-21-14-13-20(18-22(21)26-27)29-16-6-4-2/h12-15,17-18,28H,3-11,16H2,1-2H3. The van der Waals surface area contributed by atoms with Gasteiger partial charge >= 0.3 is 0 Å².